The molecule has 0 aliphatic heterocycles. The van der Waals surface area contributed by atoms with Crippen molar-refractivity contribution in [2.75, 3.05) is 5.32 Å². The third kappa shape index (κ3) is 6.11. The number of alkyl carbamates (subject to hydrolysis) is 1. The molecule has 2 unspecified atom stereocenters. The van der Waals surface area contributed by atoms with Crippen molar-refractivity contribution in [3.8, 4) is 0 Å². The van der Waals surface area contributed by atoms with Crippen LogP contribution in [-0.4, -0.2) is 23.8 Å². The summed E-state index contributed by atoms with van der Waals surface area (Å²) in [5.41, 5.74) is 0.395. The molecule has 1 aromatic carbocycles. The topological polar surface area (TPSA) is 50.4 Å². The highest BCUT2D eigenvalue weighted by atomic mass is 35.5. The first kappa shape index (κ1) is 18.2. The lowest BCUT2D eigenvalue weighted by molar-refractivity contribution is 0.0492. The van der Waals surface area contributed by atoms with Gasteiger partial charge in [0.1, 0.15) is 5.60 Å². The summed E-state index contributed by atoms with van der Waals surface area (Å²) < 4.78 is 5.32. The van der Waals surface area contributed by atoms with Crippen molar-refractivity contribution in [1.29, 1.82) is 0 Å². The molecule has 1 saturated carbocycles. The van der Waals surface area contributed by atoms with Crippen LogP contribution in [0.4, 0.5) is 10.5 Å². The molecule has 0 bridgehead atoms. The number of hydrogen-bond acceptors (Lipinski definition) is 3. The summed E-state index contributed by atoms with van der Waals surface area (Å²) in [6, 6.07) is 5.81. The van der Waals surface area contributed by atoms with Crippen LogP contribution < -0.4 is 10.6 Å². The number of rotatable bonds is 3. The van der Waals surface area contributed by atoms with Crippen molar-refractivity contribution < 1.29 is 9.53 Å². The van der Waals surface area contributed by atoms with Crippen LogP contribution in [0.5, 0.6) is 0 Å². The van der Waals surface area contributed by atoms with E-state index in [4.69, 9.17) is 27.9 Å². The largest absolute Gasteiger partial charge is 0.444 e. The van der Waals surface area contributed by atoms with Crippen LogP contribution >= 0.6 is 23.2 Å². The molecule has 1 aromatic rings. The zero-order chi connectivity index (χ0) is 17.0. The molecular weight excluding hydrogens is 335 g/mol. The predicted molar refractivity (Wildman–Crippen MR) is 95.5 cm³/mol. The Kier molecular flexibility index (Phi) is 6.04. The van der Waals surface area contributed by atoms with Crippen LogP contribution in [-0.2, 0) is 4.74 Å². The molecular formula is C17H24Cl2N2O2. The van der Waals surface area contributed by atoms with Gasteiger partial charge in [-0.2, -0.15) is 0 Å². The number of benzene rings is 1. The van der Waals surface area contributed by atoms with Gasteiger partial charge >= 0.3 is 6.09 Å². The van der Waals surface area contributed by atoms with Crippen LogP contribution in [0.15, 0.2) is 18.2 Å². The quantitative estimate of drug-likeness (QED) is 0.776. The van der Waals surface area contributed by atoms with E-state index in [9.17, 15) is 4.79 Å². The first-order valence-corrected chi connectivity index (χ1v) is 8.69. The average Bonchev–Trinajstić information content (AvgIpc) is 2.40. The molecule has 2 N–H and O–H groups in total. The van der Waals surface area contributed by atoms with Gasteiger partial charge in [0.05, 0.1) is 10.7 Å². The van der Waals surface area contributed by atoms with Gasteiger partial charge < -0.3 is 15.4 Å². The summed E-state index contributed by atoms with van der Waals surface area (Å²) in [6.45, 7) is 5.58. The van der Waals surface area contributed by atoms with Crippen LogP contribution in [0.1, 0.15) is 46.5 Å². The van der Waals surface area contributed by atoms with E-state index in [2.05, 4.69) is 10.6 Å². The molecule has 1 amide bonds. The fraction of sp³-hybridized carbons (Fsp3) is 0.588. The van der Waals surface area contributed by atoms with Crippen LogP contribution in [0.2, 0.25) is 10.0 Å². The molecule has 0 spiro atoms. The van der Waals surface area contributed by atoms with Gasteiger partial charge in [0, 0.05) is 17.1 Å². The Labute approximate surface area is 147 Å². The van der Waals surface area contributed by atoms with Crippen molar-refractivity contribution in [3.63, 3.8) is 0 Å². The van der Waals surface area contributed by atoms with E-state index in [0.29, 0.717) is 10.0 Å². The molecule has 0 aromatic heterocycles. The average molecular weight is 359 g/mol. The lowest BCUT2D eigenvalue weighted by atomic mass is 9.91. The molecule has 2 atom stereocenters. The van der Waals surface area contributed by atoms with Gasteiger partial charge in [-0.3, -0.25) is 0 Å². The van der Waals surface area contributed by atoms with E-state index in [0.717, 1.165) is 31.4 Å². The Balaban J connectivity index is 1.89. The minimum Gasteiger partial charge on any atom is -0.444 e. The highest BCUT2D eigenvalue weighted by Gasteiger charge is 2.25. The maximum Gasteiger partial charge on any atom is 0.407 e. The van der Waals surface area contributed by atoms with Gasteiger partial charge in [0.15, 0.2) is 0 Å². The smallest absolute Gasteiger partial charge is 0.407 e. The number of amides is 1. The van der Waals surface area contributed by atoms with Crippen molar-refractivity contribution in [3.05, 3.63) is 28.2 Å². The van der Waals surface area contributed by atoms with Gasteiger partial charge in [-0.25, -0.2) is 4.79 Å². The molecule has 2 rings (SSSR count). The van der Waals surface area contributed by atoms with Gasteiger partial charge in [0.2, 0.25) is 0 Å². The molecule has 0 radical (unpaired) electrons. The highest BCUT2D eigenvalue weighted by molar-refractivity contribution is 6.36. The maximum atomic E-state index is 11.9. The molecule has 4 nitrogen and oxygen atoms in total. The van der Waals surface area contributed by atoms with E-state index >= 15 is 0 Å². The number of hydrogen-bond donors (Lipinski definition) is 2. The van der Waals surface area contributed by atoms with Crippen LogP contribution in [0, 0.1) is 0 Å². The van der Waals surface area contributed by atoms with E-state index in [1.807, 2.05) is 32.9 Å². The number of carbonyl (C=O) groups is 1. The van der Waals surface area contributed by atoms with Crippen molar-refractivity contribution >= 4 is 35.0 Å². The van der Waals surface area contributed by atoms with E-state index < -0.39 is 5.60 Å². The van der Waals surface area contributed by atoms with Crippen molar-refractivity contribution in [2.24, 2.45) is 0 Å². The molecule has 1 fully saturated rings. The van der Waals surface area contributed by atoms with Gasteiger partial charge in [0.25, 0.3) is 0 Å². The zero-order valence-electron chi connectivity index (χ0n) is 13.8. The number of ether oxygens (including phenoxy) is 1. The van der Waals surface area contributed by atoms with Crippen molar-refractivity contribution in [1.82, 2.24) is 5.32 Å². The Bertz CT molecular complexity index is 558. The molecule has 1 aliphatic carbocycles. The number of halogens is 2. The predicted octanol–water partition coefficient (Wildman–Crippen LogP) is 5.24. The number of carbonyl (C=O) groups excluding carboxylic acids is 1. The second kappa shape index (κ2) is 7.63. The number of nitrogens with one attached hydrogen (secondary N) is 2. The lowest BCUT2D eigenvalue weighted by Gasteiger charge is -2.31. The molecule has 0 heterocycles. The first-order valence-electron chi connectivity index (χ1n) is 7.94. The standard InChI is InChI=1S/C17H24Cl2N2O2/c1-17(2,3)23-16(22)21-13-6-4-5-12(10-13)20-15-8-7-11(18)9-14(15)19/h7-9,12-13,20H,4-6,10H2,1-3H3,(H,21,22). The SMILES string of the molecule is CC(C)(C)OC(=O)NC1CCCC(Nc2ccc(Cl)cc2Cl)C1. The lowest BCUT2D eigenvalue weighted by Crippen LogP contribution is -2.43. The van der Waals surface area contributed by atoms with Gasteiger partial charge in [-0.05, 0) is 64.7 Å². The second-order valence-electron chi connectivity index (χ2n) is 6.98. The van der Waals surface area contributed by atoms with Gasteiger partial charge in [-0.1, -0.05) is 23.2 Å². The molecule has 128 valence electrons. The molecule has 0 saturated heterocycles. The fourth-order valence-corrected chi connectivity index (χ4v) is 3.22. The summed E-state index contributed by atoms with van der Waals surface area (Å²) >= 11 is 12.1. The van der Waals surface area contributed by atoms with Crippen LogP contribution in [0.25, 0.3) is 0 Å². The Morgan fingerprint density at radius 2 is 1.91 bits per heavy atom. The Morgan fingerprint density at radius 1 is 1.22 bits per heavy atom. The maximum absolute atomic E-state index is 11.9. The highest BCUT2D eigenvalue weighted by Crippen LogP contribution is 2.29. The zero-order valence-corrected chi connectivity index (χ0v) is 15.3. The summed E-state index contributed by atoms with van der Waals surface area (Å²) in [6.07, 6.45) is 3.55. The van der Waals surface area contributed by atoms with E-state index in [1.165, 1.54) is 0 Å². The molecule has 6 heteroatoms. The summed E-state index contributed by atoms with van der Waals surface area (Å²) in [5.74, 6) is 0. The Morgan fingerprint density at radius 3 is 2.57 bits per heavy atom. The number of anilines is 1. The summed E-state index contributed by atoms with van der Waals surface area (Å²) in [4.78, 5) is 11.9. The molecule has 23 heavy (non-hydrogen) atoms. The third-order valence-corrected chi connectivity index (χ3v) is 4.23. The van der Waals surface area contributed by atoms with E-state index in [-0.39, 0.29) is 18.2 Å². The molecule has 1 aliphatic rings. The first-order chi connectivity index (χ1) is 10.7. The van der Waals surface area contributed by atoms with E-state index in [1.54, 1.807) is 6.07 Å². The minimum absolute atomic E-state index is 0.113. The Hall–Kier alpha value is -1.13. The van der Waals surface area contributed by atoms with Crippen LogP contribution in [0.3, 0.4) is 0 Å². The van der Waals surface area contributed by atoms with Crippen molar-refractivity contribution in [2.45, 2.75) is 64.1 Å². The van der Waals surface area contributed by atoms with Gasteiger partial charge in [-0.15, -0.1) is 0 Å². The summed E-state index contributed by atoms with van der Waals surface area (Å²) in [7, 11) is 0. The monoisotopic (exact) mass is 358 g/mol. The minimum atomic E-state index is -0.479. The second-order valence-corrected chi connectivity index (χ2v) is 7.82. The summed E-state index contributed by atoms with van der Waals surface area (Å²) in [5, 5.41) is 7.63. The third-order valence-electron chi connectivity index (χ3n) is 3.69. The fourth-order valence-electron chi connectivity index (χ4n) is 2.75. The normalized spacial score (nSPS) is 21.6.